The molecule has 1 atom stereocenters. The summed E-state index contributed by atoms with van der Waals surface area (Å²) in [5.74, 6) is 0.118. The monoisotopic (exact) mass is 767 g/mol. The summed E-state index contributed by atoms with van der Waals surface area (Å²) < 4.78 is 7.11. The number of fused-ring (bicyclic) bond motifs is 15. The maximum atomic E-state index is 7.11. The molecular formula is C58H41NO. The Morgan fingerprint density at radius 1 is 0.517 bits per heavy atom. The van der Waals surface area contributed by atoms with Gasteiger partial charge in [-0.2, -0.15) is 0 Å². The van der Waals surface area contributed by atoms with Crippen LogP contribution in [0.4, 0.5) is 17.1 Å². The van der Waals surface area contributed by atoms with Gasteiger partial charge in [-0.1, -0.05) is 172 Å². The van der Waals surface area contributed by atoms with E-state index in [1.165, 1.54) is 77.7 Å². The fourth-order valence-corrected chi connectivity index (χ4v) is 11.8. The van der Waals surface area contributed by atoms with Crippen molar-refractivity contribution in [2.45, 2.75) is 37.0 Å². The number of anilines is 3. The van der Waals surface area contributed by atoms with Crippen molar-refractivity contribution in [2.75, 3.05) is 4.90 Å². The van der Waals surface area contributed by atoms with Gasteiger partial charge in [-0.05, 0) is 115 Å². The van der Waals surface area contributed by atoms with Gasteiger partial charge in [-0.3, -0.25) is 0 Å². The minimum atomic E-state index is -0.378. The lowest BCUT2D eigenvalue weighted by Crippen LogP contribution is -2.27. The van der Waals surface area contributed by atoms with Crippen LogP contribution in [-0.4, -0.2) is 0 Å². The average molecular weight is 768 g/mol. The molecule has 2 nitrogen and oxygen atoms in total. The summed E-state index contributed by atoms with van der Waals surface area (Å²) in [6.45, 7) is 4.71. The highest BCUT2D eigenvalue weighted by Gasteiger charge is 2.53. The highest BCUT2D eigenvalue weighted by Crippen LogP contribution is 2.65. The van der Waals surface area contributed by atoms with Crippen LogP contribution in [0.5, 0.6) is 0 Å². The Bertz CT molecular complexity index is 3290. The van der Waals surface area contributed by atoms with E-state index in [0.29, 0.717) is 0 Å². The molecule has 0 radical (unpaired) electrons. The Morgan fingerprint density at radius 2 is 1.10 bits per heavy atom. The van der Waals surface area contributed by atoms with Crippen molar-refractivity contribution in [3.8, 4) is 22.3 Å². The van der Waals surface area contributed by atoms with Crippen LogP contribution in [0.15, 0.2) is 204 Å². The summed E-state index contributed by atoms with van der Waals surface area (Å²) in [5.41, 5.74) is 22.2. The standard InChI is InChI=1S/C58H41NO/c1-57(2)46-25-11-6-19-38(46)41-32-31-37(35-51(41)57)59(36-17-4-3-5-18-36)52-34-33-43(55-45-23-10-15-30-53(45)60-56(52)55)42-24-16-29-50-54(42)44-22-9-14-28-49(44)58(50)47-26-12-7-20-39(47)40-21-8-13-27-48(40)58/h3-23,25-35,42H,24H2,1-2H3. The fraction of sp³-hybridized carbons (Fsp3) is 0.103. The van der Waals surface area contributed by atoms with E-state index in [4.69, 9.17) is 4.42 Å². The summed E-state index contributed by atoms with van der Waals surface area (Å²) in [5, 5.41) is 2.34. The van der Waals surface area contributed by atoms with E-state index in [-0.39, 0.29) is 16.7 Å². The molecule has 4 aliphatic carbocycles. The lowest BCUT2D eigenvalue weighted by molar-refractivity contribution is 0.660. The average Bonchev–Trinajstić information content (AvgIpc) is 4.00. The third kappa shape index (κ3) is 4.28. The van der Waals surface area contributed by atoms with E-state index in [9.17, 15) is 0 Å². The number of nitrogens with zero attached hydrogens (tertiary/aromatic N) is 1. The molecule has 1 spiro atoms. The van der Waals surface area contributed by atoms with Gasteiger partial charge in [-0.15, -0.1) is 0 Å². The minimum Gasteiger partial charge on any atom is -0.454 e. The molecule has 1 aromatic heterocycles. The zero-order chi connectivity index (χ0) is 39.7. The molecule has 0 saturated carbocycles. The van der Waals surface area contributed by atoms with E-state index in [1.54, 1.807) is 0 Å². The van der Waals surface area contributed by atoms with Crippen LogP contribution in [0.2, 0.25) is 0 Å². The number of para-hydroxylation sites is 2. The van der Waals surface area contributed by atoms with Crippen LogP contribution < -0.4 is 4.90 Å². The SMILES string of the molecule is CC1(C)c2ccccc2-c2ccc(N(c3ccccc3)c3ccc(C4CC=CC5=C4c4ccccc4C54c5ccccc5-c5ccccc54)c4c3oc3ccccc34)cc21. The van der Waals surface area contributed by atoms with Crippen LogP contribution in [0.25, 0.3) is 49.8 Å². The molecule has 9 aromatic rings. The number of hydrogen-bond donors (Lipinski definition) is 0. The molecule has 284 valence electrons. The van der Waals surface area contributed by atoms with Crippen LogP contribution in [0, 0.1) is 0 Å². The van der Waals surface area contributed by atoms with Crippen molar-refractivity contribution in [1.29, 1.82) is 0 Å². The van der Waals surface area contributed by atoms with Gasteiger partial charge in [0.05, 0.1) is 11.1 Å². The maximum absolute atomic E-state index is 7.11. The van der Waals surface area contributed by atoms with Gasteiger partial charge in [0, 0.05) is 33.5 Å². The Labute approximate surface area is 350 Å². The number of rotatable bonds is 4. The molecule has 2 heteroatoms. The van der Waals surface area contributed by atoms with Crippen LogP contribution in [0.3, 0.4) is 0 Å². The molecule has 8 aromatic carbocycles. The quantitative estimate of drug-likeness (QED) is 0.177. The van der Waals surface area contributed by atoms with Crippen molar-refractivity contribution < 1.29 is 4.42 Å². The molecule has 13 rings (SSSR count). The number of allylic oxidation sites excluding steroid dienone is 4. The largest absolute Gasteiger partial charge is 0.454 e. The lowest BCUT2D eigenvalue weighted by Gasteiger charge is -2.33. The second kappa shape index (κ2) is 12.2. The summed E-state index contributed by atoms with van der Waals surface area (Å²) in [6, 6.07) is 67.5. The lowest BCUT2D eigenvalue weighted by atomic mass is 9.68. The van der Waals surface area contributed by atoms with Gasteiger partial charge in [0.2, 0.25) is 0 Å². The smallest absolute Gasteiger partial charge is 0.159 e. The first kappa shape index (κ1) is 33.8. The van der Waals surface area contributed by atoms with E-state index in [2.05, 4.69) is 213 Å². The third-order valence-electron chi connectivity index (χ3n) is 14.3. The Hall–Kier alpha value is -7.16. The van der Waals surface area contributed by atoms with E-state index < -0.39 is 0 Å². The Balaban J connectivity index is 1.05. The first-order chi connectivity index (χ1) is 29.5. The fourth-order valence-electron chi connectivity index (χ4n) is 11.8. The highest BCUT2D eigenvalue weighted by molar-refractivity contribution is 6.13. The molecular weight excluding hydrogens is 727 g/mol. The first-order valence-electron chi connectivity index (χ1n) is 21.3. The van der Waals surface area contributed by atoms with Gasteiger partial charge in [0.1, 0.15) is 5.58 Å². The summed E-state index contributed by atoms with van der Waals surface area (Å²) >= 11 is 0. The molecule has 0 amide bonds. The first-order valence-corrected chi connectivity index (χ1v) is 21.3. The molecule has 0 saturated heterocycles. The molecule has 0 fully saturated rings. The van der Waals surface area contributed by atoms with Crippen molar-refractivity contribution in [2.24, 2.45) is 0 Å². The highest BCUT2D eigenvalue weighted by atomic mass is 16.3. The van der Waals surface area contributed by atoms with E-state index in [1.807, 2.05) is 0 Å². The second-order valence-corrected chi connectivity index (χ2v) is 17.5. The Morgan fingerprint density at radius 3 is 1.83 bits per heavy atom. The minimum absolute atomic E-state index is 0.118. The Kier molecular flexibility index (Phi) is 6.86. The zero-order valence-corrected chi connectivity index (χ0v) is 33.6. The summed E-state index contributed by atoms with van der Waals surface area (Å²) in [6.07, 6.45) is 5.79. The van der Waals surface area contributed by atoms with Crippen LogP contribution in [0.1, 0.15) is 65.1 Å². The molecule has 0 bridgehead atoms. The topological polar surface area (TPSA) is 16.4 Å². The number of furan rings is 1. The van der Waals surface area contributed by atoms with Crippen molar-refractivity contribution in [3.05, 3.63) is 239 Å². The van der Waals surface area contributed by atoms with Crippen molar-refractivity contribution in [1.82, 2.24) is 0 Å². The third-order valence-corrected chi connectivity index (χ3v) is 14.3. The molecule has 0 aliphatic heterocycles. The predicted octanol–water partition coefficient (Wildman–Crippen LogP) is 15.2. The zero-order valence-electron chi connectivity index (χ0n) is 33.6. The molecule has 4 aliphatic rings. The van der Waals surface area contributed by atoms with Gasteiger partial charge < -0.3 is 9.32 Å². The molecule has 1 unspecified atom stereocenters. The van der Waals surface area contributed by atoms with Gasteiger partial charge >= 0.3 is 0 Å². The number of hydrogen-bond acceptors (Lipinski definition) is 2. The van der Waals surface area contributed by atoms with E-state index in [0.717, 1.165) is 40.0 Å². The van der Waals surface area contributed by atoms with Crippen LogP contribution in [-0.2, 0) is 10.8 Å². The van der Waals surface area contributed by atoms with Crippen molar-refractivity contribution >= 4 is 44.6 Å². The normalized spacial score (nSPS) is 17.1. The summed E-state index contributed by atoms with van der Waals surface area (Å²) in [4.78, 5) is 2.41. The van der Waals surface area contributed by atoms with E-state index >= 15 is 0 Å². The molecule has 1 heterocycles. The number of benzene rings is 8. The van der Waals surface area contributed by atoms with Gasteiger partial charge in [-0.25, -0.2) is 0 Å². The van der Waals surface area contributed by atoms with Gasteiger partial charge in [0.25, 0.3) is 0 Å². The van der Waals surface area contributed by atoms with Gasteiger partial charge in [0.15, 0.2) is 5.58 Å². The maximum Gasteiger partial charge on any atom is 0.159 e. The van der Waals surface area contributed by atoms with Crippen LogP contribution >= 0.6 is 0 Å². The van der Waals surface area contributed by atoms with Crippen molar-refractivity contribution in [3.63, 3.8) is 0 Å². The second-order valence-electron chi connectivity index (χ2n) is 17.5. The predicted molar refractivity (Wildman–Crippen MR) is 248 cm³/mol. The molecule has 0 N–H and O–H groups in total. The molecule has 60 heavy (non-hydrogen) atoms. The summed E-state index contributed by atoms with van der Waals surface area (Å²) in [7, 11) is 0.